The number of rotatable bonds is 53. The van der Waals surface area contributed by atoms with E-state index in [9.17, 15) is 35.1 Å². The molecule has 0 saturated carbocycles. The van der Waals surface area contributed by atoms with Gasteiger partial charge in [-0.15, -0.1) is 0 Å². The molecular weight excluding hydrogens is 919 g/mol. The third-order valence-electron chi connectivity index (χ3n) is 14.9. The van der Waals surface area contributed by atoms with Crippen LogP contribution in [0.25, 0.3) is 0 Å². The molecule has 1 amide bonds. The maximum absolute atomic E-state index is 13.4. The number of amides is 1. The molecule has 0 aliphatic carbocycles. The van der Waals surface area contributed by atoms with Gasteiger partial charge in [-0.1, -0.05) is 263 Å². The Bertz CT molecular complexity index is 1280. The molecule has 0 aromatic rings. The highest BCUT2D eigenvalue weighted by molar-refractivity contribution is 5.80. The molecule has 11 nitrogen and oxygen atoms in total. The molecule has 0 aromatic carbocycles. The van der Waals surface area contributed by atoms with Crippen LogP contribution >= 0.6 is 0 Å². The van der Waals surface area contributed by atoms with E-state index in [4.69, 9.17) is 14.2 Å². The van der Waals surface area contributed by atoms with Crippen molar-refractivity contribution in [3.8, 4) is 0 Å². The highest BCUT2D eigenvalue weighted by Crippen LogP contribution is 2.26. The Morgan fingerprint density at radius 2 is 0.904 bits per heavy atom. The largest absolute Gasteiger partial charge is 0.454 e. The lowest BCUT2D eigenvalue weighted by atomic mass is 9.99. The molecule has 1 fully saturated rings. The summed E-state index contributed by atoms with van der Waals surface area (Å²) in [7, 11) is 0. The number of carbonyl (C=O) groups is 2. The lowest BCUT2D eigenvalue weighted by Gasteiger charge is -2.41. The molecule has 11 heteroatoms. The van der Waals surface area contributed by atoms with Crippen LogP contribution < -0.4 is 5.32 Å². The Morgan fingerprint density at radius 3 is 1.33 bits per heavy atom. The predicted molar refractivity (Wildman–Crippen MR) is 301 cm³/mol. The molecule has 8 atom stereocenters. The van der Waals surface area contributed by atoms with Crippen LogP contribution in [-0.2, 0) is 23.8 Å². The van der Waals surface area contributed by atoms with Crippen molar-refractivity contribution in [2.75, 3.05) is 13.2 Å². The van der Waals surface area contributed by atoms with Crippen LogP contribution in [-0.4, -0.2) is 99.6 Å². The highest BCUT2D eigenvalue weighted by Gasteiger charge is 2.47. The van der Waals surface area contributed by atoms with Gasteiger partial charge in [-0.25, -0.2) is 0 Å². The maximum atomic E-state index is 13.4. The van der Waals surface area contributed by atoms with Crippen molar-refractivity contribution in [3.63, 3.8) is 0 Å². The van der Waals surface area contributed by atoms with Crippen molar-refractivity contribution >= 4 is 11.9 Å². The average Bonchev–Trinajstić information content (AvgIpc) is 3.39. The van der Waals surface area contributed by atoms with Gasteiger partial charge in [-0.3, -0.25) is 9.59 Å². The summed E-state index contributed by atoms with van der Waals surface area (Å²) in [5.41, 5.74) is 0. The number of aliphatic hydroxyl groups excluding tert-OH is 5. The summed E-state index contributed by atoms with van der Waals surface area (Å²) < 4.78 is 17.6. The van der Waals surface area contributed by atoms with Crippen LogP contribution in [0.1, 0.15) is 297 Å². The van der Waals surface area contributed by atoms with E-state index >= 15 is 0 Å². The second-order valence-corrected chi connectivity index (χ2v) is 21.8. The monoisotopic (exact) mass is 1040 g/mol. The van der Waals surface area contributed by atoms with E-state index in [1.807, 2.05) is 6.08 Å². The zero-order valence-corrected chi connectivity index (χ0v) is 47.5. The first-order valence-electron chi connectivity index (χ1n) is 31.1. The van der Waals surface area contributed by atoms with Crippen LogP contribution in [0.15, 0.2) is 24.3 Å². The molecule has 0 spiro atoms. The fourth-order valence-electron chi connectivity index (χ4n) is 9.88. The maximum Gasteiger partial charge on any atom is 0.306 e. The number of nitrogens with one attached hydrogen (secondary N) is 1. The number of hydrogen-bond acceptors (Lipinski definition) is 10. The SMILES string of the molecule is CCCCCCCC/C=C/CCCCCCCCCCCC(=O)OC1C(OCC(NC(=O)C(O)CCCCCCCCCCCCCC)C(O)/C=C/CCCCCCCCCCCCC)OC(CO)C(O)C1O. The van der Waals surface area contributed by atoms with E-state index < -0.39 is 67.4 Å². The summed E-state index contributed by atoms with van der Waals surface area (Å²) in [6, 6.07) is -1.02. The average molecular weight is 1040 g/mol. The summed E-state index contributed by atoms with van der Waals surface area (Å²) in [6.45, 7) is 5.80. The van der Waals surface area contributed by atoms with Gasteiger partial charge < -0.3 is 45.1 Å². The van der Waals surface area contributed by atoms with Crippen LogP contribution in [0.3, 0.4) is 0 Å². The van der Waals surface area contributed by atoms with Gasteiger partial charge in [-0.05, 0) is 51.4 Å². The summed E-state index contributed by atoms with van der Waals surface area (Å²) in [5, 5.41) is 56.9. The van der Waals surface area contributed by atoms with E-state index in [0.29, 0.717) is 19.3 Å². The van der Waals surface area contributed by atoms with Crippen LogP contribution in [0.2, 0.25) is 0 Å². The molecule has 1 aliphatic rings. The van der Waals surface area contributed by atoms with Crippen molar-refractivity contribution < 1.29 is 49.3 Å². The second-order valence-electron chi connectivity index (χ2n) is 21.8. The van der Waals surface area contributed by atoms with E-state index in [0.717, 1.165) is 57.8 Å². The van der Waals surface area contributed by atoms with Gasteiger partial charge in [0.05, 0.1) is 25.4 Å². The lowest BCUT2D eigenvalue weighted by molar-refractivity contribution is -0.305. The van der Waals surface area contributed by atoms with E-state index in [2.05, 4.69) is 38.2 Å². The highest BCUT2D eigenvalue weighted by atomic mass is 16.7. The fourth-order valence-corrected chi connectivity index (χ4v) is 9.88. The van der Waals surface area contributed by atoms with Crippen LogP contribution in [0.5, 0.6) is 0 Å². The Balaban J connectivity index is 2.67. The molecule has 0 bridgehead atoms. The smallest absolute Gasteiger partial charge is 0.306 e. The summed E-state index contributed by atoms with van der Waals surface area (Å²) in [4.78, 5) is 26.5. The first-order valence-corrected chi connectivity index (χ1v) is 31.1. The standard InChI is InChI=1S/C62H117NO10/c1-4-7-10-13-16-19-22-25-26-27-28-29-30-32-35-38-41-44-47-50-57(67)73-60-59(69)58(68)56(51-64)72-62(60)71-52-53(54(65)48-45-42-39-36-34-31-23-20-17-14-11-8-5-2)63-61(70)55(66)49-46-43-40-37-33-24-21-18-15-12-9-6-3/h25-26,45,48,53-56,58-60,62,64-66,68-69H,4-24,27-44,46-47,49-52H2,1-3H3,(H,63,70)/b26-25+,48-45+. The van der Waals surface area contributed by atoms with Gasteiger partial charge in [-0.2, -0.15) is 0 Å². The van der Waals surface area contributed by atoms with Crippen LogP contribution in [0, 0.1) is 0 Å². The van der Waals surface area contributed by atoms with E-state index in [1.165, 1.54) is 193 Å². The summed E-state index contributed by atoms with van der Waals surface area (Å²) in [5.74, 6) is -1.18. The fraction of sp³-hybridized carbons (Fsp3) is 0.903. The molecule has 0 aromatic heterocycles. The number of ether oxygens (including phenoxy) is 3. The molecular formula is C62H117NO10. The molecule has 1 saturated heterocycles. The predicted octanol–water partition coefficient (Wildman–Crippen LogP) is 14.5. The van der Waals surface area contributed by atoms with Gasteiger partial charge in [0.25, 0.3) is 0 Å². The molecule has 1 heterocycles. The third-order valence-corrected chi connectivity index (χ3v) is 14.9. The Kier molecular flexibility index (Phi) is 48.2. The number of aliphatic hydroxyl groups is 5. The third kappa shape index (κ3) is 39.2. The Hall–Kier alpha value is -1.86. The van der Waals surface area contributed by atoms with Gasteiger partial charge in [0, 0.05) is 6.42 Å². The number of carbonyl (C=O) groups excluding carboxylic acids is 2. The number of esters is 1. The molecule has 1 aliphatic heterocycles. The minimum absolute atomic E-state index is 0.125. The molecule has 73 heavy (non-hydrogen) atoms. The molecule has 0 radical (unpaired) electrons. The van der Waals surface area contributed by atoms with Crippen molar-refractivity contribution in [2.45, 2.75) is 346 Å². The topological polar surface area (TPSA) is 175 Å². The van der Waals surface area contributed by atoms with Crippen molar-refractivity contribution in [3.05, 3.63) is 24.3 Å². The zero-order chi connectivity index (χ0) is 53.3. The Morgan fingerprint density at radius 1 is 0.521 bits per heavy atom. The quantitative estimate of drug-likeness (QED) is 0.0195. The summed E-state index contributed by atoms with van der Waals surface area (Å²) in [6.07, 6.45) is 47.9. The second kappa shape index (κ2) is 50.9. The Labute approximate surface area is 448 Å². The van der Waals surface area contributed by atoms with Crippen molar-refractivity contribution in [1.82, 2.24) is 5.32 Å². The lowest BCUT2D eigenvalue weighted by Crippen LogP contribution is -2.61. The molecule has 8 unspecified atom stereocenters. The van der Waals surface area contributed by atoms with Crippen molar-refractivity contribution in [2.24, 2.45) is 0 Å². The van der Waals surface area contributed by atoms with Crippen LogP contribution in [0.4, 0.5) is 0 Å². The number of hydrogen-bond donors (Lipinski definition) is 6. The molecule has 1 rings (SSSR count). The minimum atomic E-state index is -1.61. The first kappa shape index (κ1) is 69.2. The van der Waals surface area contributed by atoms with Crippen molar-refractivity contribution in [1.29, 1.82) is 0 Å². The first-order chi connectivity index (χ1) is 35.7. The minimum Gasteiger partial charge on any atom is -0.454 e. The van der Waals surface area contributed by atoms with E-state index in [1.54, 1.807) is 6.08 Å². The molecule has 430 valence electrons. The van der Waals surface area contributed by atoms with Gasteiger partial charge in [0.1, 0.15) is 24.4 Å². The van der Waals surface area contributed by atoms with E-state index in [-0.39, 0.29) is 13.0 Å². The molecule has 6 N–H and O–H groups in total. The normalized spacial score (nSPS) is 19.5. The van der Waals surface area contributed by atoms with Gasteiger partial charge >= 0.3 is 5.97 Å². The van der Waals surface area contributed by atoms with Gasteiger partial charge in [0.15, 0.2) is 12.4 Å². The number of allylic oxidation sites excluding steroid dienone is 3. The zero-order valence-electron chi connectivity index (χ0n) is 47.5. The number of unbranched alkanes of at least 4 members (excludes halogenated alkanes) is 37. The summed E-state index contributed by atoms with van der Waals surface area (Å²) >= 11 is 0. The van der Waals surface area contributed by atoms with Gasteiger partial charge in [0.2, 0.25) is 5.91 Å².